The van der Waals surface area contributed by atoms with Gasteiger partial charge in [-0.1, -0.05) is 20.8 Å². The first kappa shape index (κ1) is 14.9. The Labute approximate surface area is 97.4 Å². The van der Waals surface area contributed by atoms with Crippen LogP contribution >= 0.6 is 0 Å². The van der Waals surface area contributed by atoms with Crippen LogP contribution in [0.3, 0.4) is 0 Å². The second-order valence-electron chi connectivity index (χ2n) is 4.24. The molecule has 5 nitrogen and oxygen atoms in total. The molecule has 0 bridgehead atoms. The number of nitrogens with zero attached hydrogens (tertiary/aromatic N) is 1. The number of carbonyl (C=O) groups excluding carboxylic acids is 2. The monoisotopic (exact) mass is 229 g/mol. The molecule has 0 saturated carbocycles. The highest BCUT2D eigenvalue weighted by atomic mass is 16.2. The molecule has 3 N–H and O–H groups in total. The molecule has 0 unspecified atom stereocenters. The molecule has 0 spiro atoms. The first-order valence-electron chi connectivity index (χ1n) is 5.74. The molecule has 0 aromatic heterocycles. The molecular formula is C11H23N3O2. The summed E-state index contributed by atoms with van der Waals surface area (Å²) in [5.74, 6) is -0.145. The molecule has 0 aliphatic rings. The Morgan fingerprint density at radius 1 is 1.38 bits per heavy atom. The summed E-state index contributed by atoms with van der Waals surface area (Å²) in [6, 6.07) is 0. The summed E-state index contributed by atoms with van der Waals surface area (Å²) < 4.78 is 0. The number of carbonyl (C=O) groups is 2. The maximum atomic E-state index is 11.8. The number of hydrogen-bond donors (Lipinski definition) is 2. The third-order valence-electron chi connectivity index (χ3n) is 2.05. The van der Waals surface area contributed by atoms with E-state index in [1.807, 2.05) is 20.8 Å². The molecule has 0 atom stereocenters. The molecule has 2 amide bonds. The van der Waals surface area contributed by atoms with Crippen LogP contribution in [0.1, 0.15) is 27.2 Å². The van der Waals surface area contributed by atoms with E-state index in [4.69, 9.17) is 5.73 Å². The normalized spacial score (nSPS) is 10.5. The predicted molar refractivity (Wildman–Crippen MR) is 63.8 cm³/mol. The van der Waals surface area contributed by atoms with Crippen LogP contribution in [0, 0.1) is 5.92 Å². The minimum atomic E-state index is -0.461. The van der Waals surface area contributed by atoms with Crippen molar-refractivity contribution in [2.24, 2.45) is 11.7 Å². The van der Waals surface area contributed by atoms with Gasteiger partial charge >= 0.3 is 0 Å². The van der Waals surface area contributed by atoms with Gasteiger partial charge in [0.2, 0.25) is 11.8 Å². The summed E-state index contributed by atoms with van der Waals surface area (Å²) >= 11 is 0. The number of primary amides is 1. The van der Waals surface area contributed by atoms with Gasteiger partial charge in [-0.2, -0.15) is 0 Å². The molecule has 5 heteroatoms. The lowest BCUT2D eigenvalue weighted by molar-refractivity contribution is -0.135. The van der Waals surface area contributed by atoms with Crippen molar-refractivity contribution in [2.45, 2.75) is 27.2 Å². The Hall–Kier alpha value is -1.10. The third-order valence-corrected chi connectivity index (χ3v) is 2.05. The quantitative estimate of drug-likeness (QED) is 0.573. The van der Waals surface area contributed by atoms with Crippen molar-refractivity contribution in [1.29, 1.82) is 0 Å². The van der Waals surface area contributed by atoms with Gasteiger partial charge in [0.15, 0.2) is 0 Å². The molecule has 0 aliphatic carbocycles. The van der Waals surface area contributed by atoms with Gasteiger partial charge in [0.25, 0.3) is 0 Å². The zero-order valence-corrected chi connectivity index (χ0v) is 10.5. The minimum absolute atomic E-state index is 0.0170. The van der Waals surface area contributed by atoms with Gasteiger partial charge in [-0.3, -0.25) is 9.59 Å². The predicted octanol–water partition coefficient (Wildman–Crippen LogP) is -0.0441. The van der Waals surface area contributed by atoms with E-state index in [0.29, 0.717) is 25.4 Å². The smallest absolute Gasteiger partial charge is 0.237 e. The third kappa shape index (κ3) is 7.23. The van der Waals surface area contributed by atoms with E-state index in [-0.39, 0.29) is 12.5 Å². The Morgan fingerprint density at radius 2 is 2.00 bits per heavy atom. The summed E-state index contributed by atoms with van der Waals surface area (Å²) in [5, 5.41) is 3.08. The minimum Gasteiger partial charge on any atom is -0.368 e. The van der Waals surface area contributed by atoms with E-state index in [1.165, 1.54) is 4.90 Å². The number of nitrogens with two attached hydrogens (primary N) is 1. The fraction of sp³-hybridized carbons (Fsp3) is 0.818. The highest BCUT2D eigenvalue weighted by molar-refractivity contribution is 5.83. The first-order chi connectivity index (χ1) is 7.47. The van der Waals surface area contributed by atoms with Crippen molar-refractivity contribution in [2.75, 3.05) is 26.2 Å². The molecule has 0 aliphatic heterocycles. The van der Waals surface area contributed by atoms with E-state index in [2.05, 4.69) is 5.32 Å². The first-order valence-corrected chi connectivity index (χ1v) is 5.74. The van der Waals surface area contributed by atoms with Crippen LogP contribution in [0.25, 0.3) is 0 Å². The van der Waals surface area contributed by atoms with Crippen LogP contribution in [-0.2, 0) is 9.59 Å². The van der Waals surface area contributed by atoms with E-state index in [1.54, 1.807) is 0 Å². The number of rotatable bonds is 8. The fourth-order valence-corrected chi connectivity index (χ4v) is 1.41. The van der Waals surface area contributed by atoms with Gasteiger partial charge in [0, 0.05) is 19.5 Å². The zero-order valence-electron chi connectivity index (χ0n) is 10.5. The Morgan fingerprint density at radius 3 is 2.44 bits per heavy atom. The Kier molecular flexibility index (Phi) is 7.54. The van der Waals surface area contributed by atoms with Crippen molar-refractivity contribution >= 4 is 11.8 Å². The van der Waals surface area contributed by atoms with Crippen molar-refractivity contribution < 1.29 is 9.59 Å². The molecule has 94 valence electrons. The second-order valence-corrected chi connectivity index (χ2v) is 4.24. The number of hydrogen-bond acceptors (Lipinski definition) is 3. The molecule has 0 aromatic rings. The summed E-state index contributed by atoms with van der Waals surface area (Å²) in [7, 11) is 0. The molecule has 0 heterocycles. The van der Waals surface area contributed by atoms with E-state index >= 15 is 0 Å². The van der Waals surface area contributed by atoms with E-state index < -0.39 is 5.91 Å². The molecular weight excluding hydrogens is 206 g/mol. The Bertz CT molecular complexity index is 229. The maximum absolute atomic E-state index is 11.8. The van der Waals surface area contributed by atoms with E-state index in [0.717, 1.165) is 6.54 Å². The fourth-order valence-electron chi connectivity index (χ4n) is 1.41. The van der Waals surface area contributed by atoms with Crippen LogP contribution in [0.4, 0.5) is 0 Å². The lowest BCUT2D eigenvalue weighted by atomic mass is 10.2. The zero-order chi connectivity index (χ0) is 12.6. The lowest BCUT2D eigenvalue weighted by Crippen LogP contribution is -2.41. The molecule has 16 heavy (non-hydrogen) atoms. The number of nitrogens with one attached hydrogen (secondary N) is 1. The summed E-state index contributed by atoms with van der Waals surface area (Å²) in [5.41, 5.74) is 5.11. The van der Waals surface area contributed by atoms with Gasteiger partial charge in [-0.05, 0) is 12.5 Å². The standard InChI is InChI=1S/C11H23N3O2/c1-4-13-6-5-11(16)14(7-9(2)3)8-10(12)15/h9,13H,4-8H2,1-3H3,(H2,12,15). The van der Waals surface area contributed by atoms with Gasteiger partial charge < -0.3 is 16.0 Å². The van der Waals surface area contributed by atoms with Gasteiger partial charge in [0.05, 0.1) is 6.54 Å². The van der Waals surface area contributed by atoms with Crippen molar-refractivity contribution in [3.8, 4) is 0 Å². The van der Waals surface area contributed by atoms with Crippen molar-refractivity contribution in [3.63, 3.8) is 0 Å². The van der Waals surface area contributed by atoms with Gasteiger partial charge in [-0.15, -0.1) is 0 Å². The lowest BCUT2D eigenvalue weighted by Gasteiger charge is -2.23. The van der Waals surface area contributed by atoms with Crippen LogP contribution in [0.15, 0.2) is 0 Å². The van der Waals surface area contributed by atoms with Gasteiger partial charge in [-0.25, -0.2) is 0 Å². The van der Waals surface area contributed by atoms with Crippen molar-refractivity contribution in [3.05, 3.63) is 0 Å². The molecule has 0 rings (SSSR count). The Balaban J connectivity index is 4.15. The van der Waals surface area contributed by atoms with Gasteiger partial charge in [0.1, 0.15) is 0 Å². The average Bonchev–Trinajstić information content (AvgIpc) is 2.15. The molecule has 0 aromatic carbocycles. The second kappa shape index (κ2) is 8.10. The molecule has 0 saturated heterocycles. The largest absolute Gasteiger partial charge is 0.368 e. The van der Waals surface area contributed by atoms with Crippen LogP contribution in [0.2, 0.25) is 0 Å². The van der Waals surface area contributed by atoms with Crippen LogP contribution < -0.4 is 11.1 Å². The summed E-state index contributed by atoms with van der Waals surface area (Å²) in [6.07, 6.45) is 0.411. The highest BCUT2D eigenvalue weighted by Crippen LogP contribution is 2.00. The van der Waals surface area contributed by atoms with E-state index in [9.17, 15) is 9.59 Å². The average molecular weight is 229 g/mol. The molecule has 0 radical (unpaired) electrons. The molecule has 0 fully saturated rings. The SMILES string of the molecule is CCNCCC(=O)N(CC(N)=O)CC(C)C. The van der Waals surface area contributed by atoms with Crippen LogP contribution in [-0.4, -0.2) is 42.9 Å². The highest BCUT2D eigenvalue weighted by Gasteiger charge is 2.16. The summed E-state index contributed by atoms with van der Waals surface area (Å²) in [4.78, 5) is 24.1. The topological polar surface area (TPSA) is 75.4 Å². The maximum Gasteiger partial charge on any atom is 0.237 e. The van der Waals surface area contributed by atoms with Crippen LogP contribution in [0.5, 0.6) is 0 Å². The van der Waals surface area contributed by atoms with Crippen molar-refractivity contribution in [1.82, 2.24) is 10.2 Å². The number of amides is 2. The summed E-state index contributed by atoms with van der Waals surface area (Å²) in [6.45, 7) is 8.07.